The molecule has 2 aromatic carbocycles. The Bertz CT molecular complexity index is 723. The topological polar surface area (TPSA) is 69.6 Å². The van der Waals surface area contributed by atoms with E-state index in [1.54, 1.807) is 4.68 Å². The lowest BCUT2D eigenvalue weighted by molar-refractivity contribution is 0.791. The third-order valence-electron chi connectivity index (χ3n) is 3.28. The van der Waals surface area contributed by atoms with E-state index < -0.39 is 0 Å². The highest BCUT2D eigenvalue weighted by molar-refractivity contribution is 5.75. The molecule has 0 amide bonds. The highest BCUT2D eigenvalue weighted by atomic mass is 15.5. The van der Waals surface area contributed by atoms with Gasteiger partial charge in [-0.3, -0.25) is 0 Å². The molecule has 0 saturated heterocycles. The van der Waals surface area contributed by atoms with Gasteiger partial charge >= 0.3 is 0 Å². The number of benzene rings is 2. The average molecular weight is 265 g/mol. The molecule has 5 nitrogen and oxygen atoms in total. The van der Waals surface area contributed by atoms with Crippen LogP contribution in [0.2, 0.25) is 0 Å². The molecular formula is C15H15N5. The number of aromatic nitrogens is 4. The van der Waals surface area contributed by atoms with E-state index in [9.17, 15) is 0 Å². The Morgan fingerprint density at radius 3 is 2.45 bits per heavy atom. The maximum absolute atomic E-state index is 6.07. The van der Waals surface area contributed by atoms with Gasteiger partial charge in [0, 0.05) is 11.3 Å². The molecule has 1 aromatic heterocycles. The Labute approximate surface area is 117 Å². The van der Waals surface area contributed by atoms with E-state index in [1.165, 1.54) is 5.56 Å². The van der Waals surface area contributed by atoms with Crippen molar-refractivity contribution >= 4 is 5.69 Å². The fourth-order valence-electron chi connectivity index (χ4n) is 2.20. The summed E-state index contributed by atoms with van der Waals surface area (Å²) in [7, 11) is 0. The van der Waals surface area contributed by atoms with E-state index in [0.29, 0.717) is 11.5 Å². The number of nitrogens with two attached hydrogens (primary N) is 1. The number of anilines is 1. The minimum absolute atomic E-state index is 0.657. The summed E-state index contributed by atoms with van der Waals surface area (Å²) in [5.41, 5.74) is 10.8. The highest BCUT2D eigenvalue weighted by Crippen LogP contribution is 2.28. The summed E-state index contributed by atoms with van der Waals surface area (Å²) in [6.45, 7) is 4.05. The molecule has 0 aliphatic rings. The minimum atomic E-state index is 0.657. The fraction of sp³-hybridized carbons (Fsp3) is 0.133. The molecule has 0 aliphatic heterocycles. The molecular weight excluding hydrogens is 250 g/mol. The van der Waals surface area contributed by atoms with Crippen LogP contribution >= 0.6 is 0 Å². The second-order valence-corrected chi connectivity index (χ2v) is 4.79. The zero-order chi connectivity index (χ0) is 14.1. The van der Waals surface area contributed by atoms with Crippen LogP contribution in [0.3, 0.4) is 0 Å². The molecule has 0 bridgehead atoms. The standard InChI is InChI=1S/C15H15N5/c1-10-6-8-12(9-7-10)20-15(17-18-19-20)14-11(2)4-3-5-13(14)16/h3-9H,16H2,1-2H3. The number of tetrazole rings is 1. The van der Waals surface area contributed by atoms with Gasteiger partial charge in [-0.2, -0.15) is 4.68 Å². The molecule has 0 aliphatic carbocycles. The zero-order valence-corrected chi connectivity index (χ0v) is 11.4. The van der Waals surface area contributed by atoms with Crippen LogP contribution in [0.5, 0.6) is 0 Å². The van der Waals surface area contributed by atoms with Gasteiger partial charge in [-0.05, 0) is 48.0 Å². The summed E-state index contributed by atoms with van der Waals surface area (Å²) in [4.78, 5) is 0. The SMILES string of the molecule is Cc1ccc(-n2nnnc2-c2c(C)cccc2N)cc1. The molecule has 3 rings (SSSR count). The molecule has 0 fully saturated rings. The van der Waals surface area contributed by atoms with Crippen molar-refractivity contribution in [2.45, 2.75) is 13.8 Å². The first-order valence-electron chi connectivity index (χ1n) is 6.37. The van der Waals surface area contributed by atoms with Crippen LogP contribution in [0.4, 0.5) is 5.69 Å². The molecule has 0 radical (unpaired) electrons. The predicted octanol–water partition coefficient (Wildman–Crippen LogP) is 2.53. The van der Waals surface area contributed by atoms with Gasteiger partial charge in [-0.25, -0.2) is 0 Å². The second-order valence-electron chi connectivity index (χ2n) is 4.79. The van der Waals surface area contributed by atoms with Gasteiger partial charge in [-0.15, -0.1) is 5.10 Å². The van der Waals surface area contributed by atoms with Crippen molar-refractivity contribution in [3.63, 3.8) is 0 Å². The van der Waals surface area contributed by atoms with E-state index in [0.717, 1.165) is 16.8 Å². The Morgan fingerprint density at radius 1 is 1.00 bits per heavy atom. The number of hydrogen-bond donors (Lipinski definition) is 1. The van der Waals surface area contributed by atoms with E-state index in [1.807, 2.05) is 56.3 Å². The summed E-state index contributed by atoms with van der Waals surface area (Å²) in [6.07, 6.45) is 0. The molecule has 2 N–H and O–H groups in total. The van der Waals surface area contributed by atoms with Crippen molar-refractivity contribution in [1.82, 2.24) is 20.2 Å². The first-order chi connectivity index (χ1) is 9.66. The third-order valence-corrected chi connectivity index (χ3v) is 3.28. The molecule has 0 saturated carbocycles. The van der Waals surface area contributed by atoms with Crippen LogP contribution in [0, 0.1) is 13.8 Å². The molecule has 0 unspecified atom stereocenters. The second kappa shape index (κ2) is 4.77. The first-order valence-corrected chi connectivity index (χ1v) is 6.37. The summed E-state index contributed by atoms with van der Waals surface area (Å²) >= 11 is 0. The number of aryl methyl sites for hydroxylation is 2. The van der Waals surface area contributed by atoms with Crippen molar-refractivity contribution in [1.29, 1.82) is 0 Å². The van der Waals surface area contributed by atoms with Gasteiger partial charge in [0.05, 0.1) is 5.69 Å². The van der Waals surface area contributed by atoms with Crippen LogP contribution in [0.15, 0.2) is 42.5 Å². The van der Waals surface area contributed by atoms with Crippen molar-refractivity contribution in [3.8, 4) is 17.1 Å². The summed E-state index contributed by atoms with van der Waals surface area (Å²) in [5.74, 6) is 0.657. The van der Waals surface area contributed by atoms with Crippen molar-refractivity contribution in [2.24, 2.45) is 0 Å². The summed E-state index contributed by atoms with van der Waals surface area (Å²) in [6, 6.07) is 13.8. The normalized spacial score (nSPS) is 10.7. The van der Waals surface area contributed by atoms with Gasteiger partial charge in [0.2, 0.25) is 0 Å². The van der Waals surface area contributed by atoms with Gasteiger partial charge < -0.3 is 5.73 Å². The first kappa shape index (κ1) is 12.3. The molecule has 3 aromatic rings. The van der Waals surface area contributed by atoms with E-state index in [-0.39, 0.29) is 0 Å². The zero-order valence-electron chi connectivity index (χ0n) is 11.4. The van der Waals surface area contributed by atoms with Gasteiger partial charge in [-0.1, -0.05) is 29.8 Å². The Kier molecular flexibility index (Phi) is 2.95. The molecule has 20 heavy (non-hydrogen) atoms. The smallest absolute Gasteiger partial charge is 0.189 e. The van der Waals surface area contributed by atoms with E-state index >= 15 is 0 Å². The summed E-state index contributed by atoms with van der Waals surface area (Å²) in [5, 5.41) is 12.0. The lowest BCUT2D eigenvalue weighted by Gasteiger charge is -2.09. The van der Waals surface area contributed by atoms with Crippen molar-refractivity contribution in [2.75, 3.05) is 5.73 Å². The van der Waals surface area contributed by atoms with Crippen molar-refractivity contribution < 1.29 is 0 Å². The predicted molar refractivity (Wildman–Crippen MR) is 78.5 cm³/mol. The minimum Gasteiger partial charge on any atom is -0.398 e. The largest absolute Gasteiger partial charge is 0.398 e. The van der Waals surface area contributed by atoms with Gasteiger partial charge in [0.1, 0.15) is 0 Å². The lowest BCUT2D eigenvalue weighted by atomic mass is 10.1. The van der Waals surface area contributed by atoms with Crippen LogP contribution in [0.1, 0.15) is 11.1 Å². The summed E-state index contributed by atoms with van der Waals surface area (Å²) < 4.78 is 1.71. The quantitative estimate of drug-likeness (QED) is 0.723. The Morgan fingerprint density at radius 2 is 1.75 bits per heavy atom. The monoisotopic (exact) mass is 265 g/mol. The average Bonchev–Trinajstić information content (AvgIpc) is 2.88. The Hall–Kier alpha value is -2.69. The number of nitrogen functional groups attached to an aromatic ring is 1. The van der Waals surface area contributed by atoms with Crippen LogP contribution < -0.4 is 5.73 Å². The lowest BCUT2D eigenvalue weighted by Crippen LogP contribution is -2.03. The number of nitrogens with zero attached hydrogens (tertiary/aromatic N) is 4. The van der Waals surface area contributed by atoms with E-state index in [2.05, 4.69) is 15.5 Å². The fourth-order valence-corrected chi connectivity index (χ4v) is 2.20. The highest BCUT2D eigenvalue weighted by Gasteiger charge is 2.15. The maximum Gasteiger partial charge on any atom is 0.189 e. The number of hydrogen-bond acceptors (Lipinski definition) is 4. The third kappa shape index (κ3) is 2.03. The molecule has 100 valence electrons. The van der Waals surface area contributed by atoms with Crippen molar-refractivity contribution in [3.05, 3.63) is 53.6 Å². The molecule has 0 spiro atoms. The molecule has 1 heterocycles. The van der Waals surface area contributed by atoms with Crippen LogP contribution in [0.25, 0.3) is 17.1 Å². The number of rotatable bonds is 2. The van der Waals surface area contributed by atoms with Gasteiger partial charge in [0.25, 0.3) is 0 Å². The molecule has 5 heteroatoms. The maximum atomic E-state index is 6.07. The Balaban J connectivity index is 2.18. The van der Waals surface area contributed by atoms with Crippen LogP contribution in [-0.4, -0.2) is 20.2 Å². The molecule has 0 atom stereocenters. The van der Waals surface area contributed by atoms with Crippen LogP contribution in [-0.2, 0) is 0 Å². The van der Waals surface area contributed by atoms with E-state index in [4.69, 9.17) is 5.73 Å². The van der Waals surface area contributed by atoms with Gasteiger partial charge in [0.15, 0.2) is 5.82 Å².